The summed E-state index contributed by atoms with van der Waals surface area (Å²) >= 11 is 3.41. The van der Waals surface area contributed by atoms with Crippen molar-refractivity contribution in [1.29, 1.82) is 0 Å². The lowest BCUT2D eigenvalue weighted by Crippen LogP contribution is -2.40. The van der Waals surface area contributed by atoms with Gasteiger partial charge in [0, 0.05) is 16.6 Å². The highest BCUT2D eigenvalue weighted by Gasteiger charge is 2.26. The van der Waals surface area contributed by atoms with Crippen LogP contribution in [-0.4, -0.2) is 45.0 Å². The highest BCUT2D eigenvalue weighted by molar-refractivity contribution is 9.10. The summed E-state index contributed by atoms with van der Waals surface area (Å²) in [5.74, 6) is 0.00684. The SMILES string of the molecule is COc1ccc(S(=O)(=O)N(CCc2ccccc2)CC(=O)N/N=C\c2ccccc2Br)cc1. The van der Waals surface area contributed by atoms with Crippen molar-refractivity contribution in [3.8, 4) is 5.75 Å². The van der Waals surface area contributed by atoms with Crippen molar-refractivity contribution in [2.45, 2.75) is 11.3 Å². The maximum Gasteiger partial charge on any atom is 0.255 e. The van der Waals surface area contributed by atoms with Crippen molar-refractivity contribution in [3.63, 3.8) is 0 Å². The summed E-state index contributed by atoms with van der Waals surface area (Å²) in [6.45, 7) is -0.228. The van der Waals surface area contributed by atoms with Gasteiger partial charge in [-0.1, -0.05) is 64.5 Å². The van der Waals surface area contributed by atoms with E-state index in [0.29, 0.717) is 12.2 Å². The molecule has 0 bridgehead atoms. The lowest BCUT2D eigenvalue weighted by molar-refractivity contribution is -0.121. The molecule has 0 saturated carbocycles. The Morgan fingerprint density at radius 1 is 1.03 bits per heavy atom. The predicted octanol–water partition coefficient (Wildman–Crippen LogP) is 3.84. The molecule has 33 heavy (non-hydrogen) atoms. The largest absolute Gasteiger partial charge is 0.497 e. The van der Waals surface area contributed by atoms with Crippen molar-refractivity contribution in [3.05, 3.63) is 94.5 Å². The molecule has 0 saturated heterocycles. The standard InChI is InChI=1S/C24H24BrN3O4S/c1-32-21-11-13-22(14-12-21)33(30,31)28(16-15-19-7-3-2-4-8-19)18-24(29)27-26-17-20-9-5-6-10-23(20)25/h2-14,17H,15-16,18H2,1H3,(H,27,29)/b26-17-. The number of benzene rings is 3. The number of sulfonamides is 1. The van der Waals surface area contributed by atoms with Crippen molar-refractivity contribution < 1.29 is 17.9 Å². The average Bonchev–Trinajstić information content (AvgIpc) is 2.83. The van der Waals surface area contributed by atoms with Gasteiger partial charge in [0.2, 0.25) is 10.0 Å². The first-order chi connectivity index (χ1) is 15.9. The molecule has 0 fully saturated rings. The maximum absolute atomic E-state index is 13.3. The highest BCUT2D eigenvalue weighted by Crippen LogP contribution is 2.20. The number of nitrogens with zero attached hydrogens (tertiary/aromatic N) is 2. The van der Waals surface area contributed by atoms with E-state index in [4.69, 9.17) is 4.74 Å². The van der Waals surface area contributed by atoms with Crippen LogP contribution in [0.15, 0.2) is 93.3 Å². The number of hydrazone groups is 1. The summed E-state index contributed by atoms with van der Waals surface area (Å²) < 4.78 is 33.7. The lowest BCUT2D eigenvalue weighted by Gasteiger charge is -2.21. The molecular formula is C24H24BrN3O4S. The van der Waals surface area contributed by atoms with E-state index in [-0.39, 0.29) is 18.0 Å². The number of amides is 1. The van der Waals surface area contributed by atoms with Gasteiger partial charge in [0.15, 0.2) is 0 Å². The zero-order chi connectivity index (χ0) is 23.7. The number of hydrogen-bond acceptors (Lipinski definition) is 5. The summed E-state index contributed by atoms with van der Waals surface area (Å²) in [6, 6.07) is 23.0. The third-order valence-corrected chi connectivity index (χ3v) is 7.39. The Kier molecular flexibility index (Phi) is 8.76. The monoisotopic (exact) mass is 529 g/mol. The van der Waals surface area contributed by atoms with Crippen LogP contribution in [0.1, 0.15) is 11.1 Å². The van der Waals surface area contributed by atoms with Crippen molar-refractivity contribution >= 4 is 38.1 Å². The molecule has 0 aliphatic heterocycles. The van der Waals surface area contributed by atoms with Gasteiger partial charge in [0.05, 0.1) is 24.8 Å². The van der Waals surface area contributed by atoms with Gasteiger partial charge < -0.3 is 4.74 Å². The summed E-state index contributed by atoms with van der Waals surface area (Å²) in [5.41, 5.74) is 4.17. The second-order valence-corrected chi connectivity index (χ2v) is 9.86. The second-order valence-electron chi connectivity index (χ2n) is 7.06. The minimum Gasteiger partial charge on any atom is -0.497 e. The molecule has 3 aromatic carbocycles. The molecule has 0 spiro atoms. The molecule has 7 nitrogen and oxygen atoms in total. The van der Waals surface area contributed by atoms with E-state index in [1.54, 1.807) is 12.1 Å². The summed E-state index contributed by atoms with van der Waals surface area (Å²) in [4.78, 5) is 12.6. The number of methoxy groups -OCH3 is 1. The second kappa shape index (κ2) is 11.7. The Hall–Kier alpha value is -3.01. The van der Waals surface area contributed by atoms with Crippen LogP contribution < -0.4 is 10.2 Å². The summed E-state index contributed by atoms with van der Waals surface area (Å²) in [7, 11) is -2.41. The Morgan fingerprint density at radius 2 is 1.70 bits per heavy atom. The van der Waals surface area contributed by atoms with Crippen LogP contribution in [0.4, 0.5) is 0 Å². The Bertz CT molecular complexity index is 1200. The van der Waals surface area contributed by atoms with Crippen LogP contribution in [0.25, 0.3) is 0 Å². The fraction of sp³-hybridized carbons (Fsp3) is 0.167. The molecule has 0 unspecified atom stereocenters. The van der Waals surface area contributed by atoms with Crippen LogP contribution >= 0.6 is 15.9 Å². The van der Waals surface area contributed by atoms with Gasteiger partial charge in [-0.05, 0) is 42.3 Å². The number of ether oxygens (including phenoxy) is 1. The van der Waals surface area contributed by atoms with E-state index >= 15 is 0 Å². The van der Waals surface area contributed by atoms with Gasteiger partial charge in [-0.3, -0.25) is 4.79 Å². The fourth-order valence-electron chi connectivity index (χ4n) is 3.03. The minimum absolute atomic E-state index is 0.0841. The molecule has 0 aliphatic rings. The van der Waals surface area contributed by atoms with E-state index in [2.05, 4.69) is 26.5 Å². The highest BCUT2D eigenvalue weighted by atomic mass is 79.9. The normalized spacial score (nSPS) is 11.6. The summed E-state index contributed by atoms with van der Waals surface area (Å²) in [5, 5.41) is 3.96. The summed E-state index contributed by atoms with van der Waals surface area (Å²) in [6.07, 6.45) is 1.96. The molecule has 0 atom stereocenters. The molecule has 1 N–H and O–H groups in total. The quantitative estimate of drug-likeness (QED) is 0.319. The molecule has 1 amide bonds. The van der Waals surface area contributed by atoms with E-state index < -0.39 is 15.9 Å². The van der Waals surface area contributed by atoms with Crippen molar-refractivity contribution in [2.75, 3.05) is 20.2 Å². The first-order valence-corrected chi connectivity index (χ1v) is 12.4. The number of carbonyl (C=O) groups excluding carboxylic acids is 1. The minimum atomic E-state index is -3.92. The van der Waals surface area contributed by atoms with E-state index in [1.165, 1.54) is 25.5 Å². The van der Waals surface area contributed by atoms with E-state index in [1.807, 2.05) is 54.6 Å². The van der Waals surface area contributed by atoms with Gasteiger partial charge in [-0.25, -0.2) is 13.8 Å². The third kappa shape index (κ3) is 6.98. The molecular weight excluding hydrogens is 506 g/mol. The number of carbonyl (C=O) groups is 1. The Labute approximate surface area is 202 Å². The number of rotatable bonds is 10. The van der Waals surface area contributed by atoms with Gasteiger partial charge in [0.1, 0.15) is 5.75 Å². The molecule has 9 heteroatoms. The Balaban J connectivity index is 1.75. The van der Waals surface area contributed by atoms with Crippen molar-refractivity contribution in [1.82, 2.24) is 9.73 Å². The van der Waals surface area contributed by atoms with E-state index in [9.17, 15) is 13.2 Å². The van der Waals surface area contributed by atoms with Crippen LogP contribution in [0.3, 0.4) is 0 Å². The number of nitrogens with one attached hydrogen (secondary N) is 1. The first-order valence-electron chi connectivity index (χ1n) is 10.1. The average molecular weight is 530 g/mol. The lowest BCUT2D eigenvalue weighted by atomic mass is 10.1. The van der Waals surface area contributed by atoms with Gasteiger partial charge >= 0.3 is 0 Å². The van der Waals surface area contributed by atoms with Crippen LogP contribution in [0.5, 0.6) is 5.75 Å². The molecule has 3 rings (SSSR count). The van der Waals surface area contributed by atoms with Crippen LogP contribution in [0.2, 0.25) is 0 Å². The smallest absolute Gasteiger partial charge is 0.255 e. The predicted molar refractivity (Wildman–Crippen MR) is 132 cm³/mol. The van der Waals surface area contributed by atoms with Gasteiger partial charge in [-0.2, -0.15) is 9.41 Å². The van der Waals surface area contributed by atoms with Crippen molar-refractivity contribution in [2.24, 2.45) is 5.10 Å². The van der Waals surface area contributed by atoms with Crippen LogP contribution in [-0.2, 0) is 21.2 Å². The molecule has 3 aromatic rings. The number of halogens is 1. The zero-order valence-electron chi connectivity index (χ0n) is 18.0. The molecule has 172 valence electrons. The van der Waals surface area contributed by atoms with Crippen LogP contribution in [0, 0.1) is 0 Å². The fourth-order valence-corrected chi connectivity index (χ4v) is 4.81. The third-order valence-electron chi connectivity index (χ3n) is 4.81. The van der Waals surface area contributed by atoms with Gasteiger partial charge in [-0.15, -0.1) is 0 Å². The maximum atomic E-state index is 13.3. The molecule has 0 aromatic heterocycles. The molecule has 0 aliphatic carbocycles. The zero-order valence-corrected chi connectivity index (χ0v) is 20.4. The first kappa shape index (κ1) is 24.6. The van der Waals surface area contributed by atoms with E-state index in [0.717, 1.165) is 19.9 Å². The Morgan fingerprint density at radius 3 is 2.36 bits per heavy atom. The number of hydrogen-bond donors (Lipinski definition) is 1. The topological polar surface area (TPSA) is 88.1 Å². The molecule has 0 radical (unpaired) electrons. The van der Waals surface area contributed by atoms with Gasteiger partial charge in [0.25, 0.3) is 5.91 Å². The molecule has 0 heterocycles.